The molecule has 2 nitrogen and oxygen atoms in total. The number of hydrogen-bond acceptors (Lipinski definition) is 2. The second kappa shape index (κ2) is 8.57. The minimum Gasteiger partial charge on any atom is -0.772 e. The lowest BCUT2D eigenvalue weighted by Gasteiger charge is -2.58. The first kappa shape index (κ1) is 24.0. The lowest BCUT2D eigenvalue weighted by atomic mass is 9.47. The van der Waals surface area contributed by atoms with Crippen molar-refractivity contribution in [2.75, 3.05) is 0 Å². The number of hydrogen-bond donors (Lipinski definition) is 0. The summed E-state index contributed by atoms with van der Waals surface area (Å²) in [5.41, 5.74) is 2.73. The molecule has 0 spiro atoms. The summed E-state index contributed by atoms with van der Waals surface area (Å²) >= 11 is -1.92. The molecule has 0 aromatic rings. The quantitative estimate of drug-likeness (QED) is 0.320. The highest BCUT2D eigenvalue weighted by Crippen LogP contribution is 2.67. The number of rotatable bonds is 5. The lowest BCUT2D eigenvalue weighted by molar-refractivity contribution is -0.0499. The van der Waals surface area contributed by atoms with Gasteiger partial charge < -0.3 is 4.55 Å². The molecule has 3 heteroatoms. The van der Waals surface area contributed by atoms with Gasteiger partial charge in [0.1, 0.15) is 0 Å². The lowest BCUT2D eigenvalue weighted by Crippen LogP contribution is -2.51. The maximum absolute atomic E-state index is 11.6. The van der Waals surface area contributed by atoms with E-state index in [1.165, 1.54) is 56.9 Å². The molecule has 0 aliphatic heterocycles. The topological polar surface area (TPSA) is 40.1 Å². The molecule has 9 atom stereocenters. The highest BCUT2D eigenvalue weighted by molar-refractivity contribution is 7.79. The molecule has 0 bridgehead atoms. The van der Waals surface area contributed by atoms with Crippen LogP contribution < -0.4 is 0 Å². The van der Waals surface area contributed by atoms with E-state index in [0.29, 0.717) is 10.8 Å². The van der Waals surface area contributed by atoms with E-state index in [0.717, 1.165) is 48.9 Å². The van der Waals surface area contributed by atoms with Gasteiger partial charge in [-0.15, -0.1) is 0 Å². The zero-order valence-corrected chi connectivity index (χ0v) is 21.9. The van der Waals surface area contributed by atoms with Gasteiger partial charge in [-0.25, -0.2) is 0 Å². The van der Waals surface area contributed by atoms with Gasteiger partial charge in [-0.05, 0) is 104 Å². The van der Waals surface area contributed by atoms with Gasteiger partial charge in [0.25, 0.3) is 0 Å². The largest absolute Gasteiger partial charge is 0.772 e. The van der Waals surface area contributed by atoms with E-state index in [9.17, 15) is 8.76 Å². The molecule has 0 N–H and O–H groups in total. The molecule has 0 saturated heterocycles. The summed E-state index contributed by atoms with van der Waals surface area (Å²) < 4.78 is 23.2. The van der Waals surface area contributed by atoms with Gasteiger partial charge in [-0.2, -0.15) is 0 Å². The first-order valence-electron chi connectivity index (χ1n) is 13.2. The third-order valence-corrected chi connectivity index (χ3v) is 11.6. The van der Waals surface area contributed by atoms with E-state index in [1.54, 1.807) is 0 Å². The van der Waals surface area contributed by atoms with Crippen LogP contribution in [0.2, 0.25) is 0 Å². The van der Waals surface area contributed by atoms with Crippen molar-refractivity contribution in [1.82, 2.24) is 0 Å². The summed E-state index contributed by atoms with van der Waals surface area (Å²) in [6.07, 6.45) is 16.2. The van der Waals surface area contributed by atoms with Crippen LogP contribution in [0.5, 0.6) is 0 Å². The van der Waals surface area contributed by atoms with Gasteiger partial charge in [0.15, 0.2) is 0 Å². The van der Waals surface area contributed by atoms with Crippen molar-refractivity contribution in [3.63, 3.8) is 0 Å². The fourth-order valence-corrected chi connectivity index (χ4v) is 9.55. The van der Waals surface area contributed by atoms with E-state index in [4.69, 9.17) is 0 Å². The summed E-state index contributed by atoms with van der Waals surface area (Å²) in [6, 6.07) is 0. The molecular weight excluding hydrogens is 400 g/mol. The van der Waals surface area contributed by atoms with E-state index >= 15 is 0 Å². The van der Waals surface area contributed by atoms with Crippen LogP contribution in [0.3, 0.4) is 0 Å². The molecule has 3 fully saturated rings. The van der Waals surface area contributed by atoms with Crippen LogP contribution in [0, 0.1) is 45.8 Å². The highest BCUT2D eigenvalue weighted by atomic mass is 32.2. The minimum absolute atomic E-state index is 0.144. The number of allylic oxidation sites excluding steroid dienone is 2. The van der Waals surface area contributed by atoms with Crippen molar-refractivity contribution < 1.29 is 8.76 Å². The highest BCUT2D eigenvalue weighted by Gasteiger charge is 2.59. The Morgan fingerprint density at radius 3 is 2.55 bits per heavy atom. The van der Waals surface area contributed by atoms with E-state index in [2.05, 4.69) is 47.6 Å². The van der Waals surface area contributed by atoms with Gasteiger partial charge >= 0.3 is 0 Å². The van der Waals surface area contributed by atoms with Crippen LogP contribution in [0.4, 0.5) is 0 Å². The monoisotopic (exact) mass is 447 g/mol. The van der Waals surface area contributed by atoms with Crippen molar-refractivity contribution in [3.05, 3.63) is 11.6 Å². The second-order valence-electron chi connectivity index (χ2n) is 13.5. The molecule has 0 heterocycles. The molecule has 4 rings (SSSR count). The summed E-state index contributed by atoms with van der Waals surface area (Å²) in [5, 5.41) is -0.144. The Balaban J connectivity index is 1.47. The molecule has 4 aliphatic carbocycles. The summed E-state index contributed by atoms with van der Waals surface area (Å²) in [5.74, 6) is 4.23. The summed E-state index contributed by atoms with van der Waals surface area (Å²) in [7, 11) is 0. The molecule has 178 valence electrons. The molecule has 0 radical (unpaired) electrons. The van der Waals surface area contributed by atoms with Gasteiger partial charge in [-0.1, -0.05) is 77.1 Å². The van der Waals surface area contributed by atoms with Crippen molar-refractivity contribution in [2.24, 2.45) is 45.8 Å². The van der Waals surface area contributed by atoms with Crippen LogP contribution in [0.1, 0.15) is 112 Å². The average Bonchev–Trinajstić information content (AvgIpc) is 3.03. The molecule has 31 heavy (non-hydrogen) atoms. The van der Waals surface area contributed by atoms with Crippen LogP contribution in [0.15, 0.2) is 11.6 Å². The Bertz CT molecular complexity index is 721. The predicted octanol–water partition coefficient (Wildman–Crippen LogP) is 7.67. The van der Waals surface area contributed by atoms with Crippen LogP contribution in [-0.4, -0.2) is 14.0 Å². The van der Waals surface area contributed by atoms with E-state index in [1.807, 2.05) is 0 Å². The van der Waals surface area contributed by atoms with Gasteiger partial charge in [0, 0.05) is 5.25 Å². The molecule has 3 saturated carbocycles. The normalized spacial score (nSPS) is 44.6. The van der Waals surface area contributed by atoms with Crippen molar-refractivity contribution in [1.29, 1.82) is 0 Å². The SMILES string of the molecule is CC(CCCC(C)(C)C)C1CCC2C3CC=C4CC(S(=O)[O-])CCC4(C)C3CCC12C. The first-order valence-corrected chi connectivity index (χ1v) is 14.4. The first-order chi connectivity index (χ1) is 14.5. The van der Waals surface area contributed by atoms with Gasteiger partial charge in [0.2, 0.25) is 0 Å². The zero-order chi connectivity index (χ0) is 22.6. The molecular formula is C28H47O2S-. The van der Waals surface area contributed by atoms with E-state index < -0.39 is 11.1 Å². The maximum Gasteiger partial charge on any atom is 0.0253 e. The Kier molecular flexibility index (Phi) is 6.63. The Labute approximate surface area is 194 Å². The fourth-order valence-electron chi connectivity index (χ4n) is 8.92. The third kappa shape index (κ3) is 4.36. The predicted molar refractivity (Wildman–Crippen MR) is 130 cm³/mol. The zero-order valence-electron chi connectivity index (χ0n) is 21.0. The Morgan fingerprint density at radius 2 is 1.87 bits per heavy atom. The van der Waals surface area contributed by atoms with Gasteiger partial charge in [0.05, 0.1) is 0 Å². The molecule has 9 unspecified atom stereocenters. The molecule has 4 aliphatic rings. The smallest absolute Gasteiger partial charge is 0.0253 e. The second-order valence-corrected chi connectivity index (χ2v) is 14.7. The van der Waals surface area contributed by atoms with Crippen LogP contribution >= 0.6 is 0 Å². The van der Waals surface area contributed by atoms with E-state index in [-0.39, 0.29) is 10.7 Å². The summed E-state index contributed by atoms with van der Waals surface area (Å²) in [4.78, 5) is 0. The molecule has 0 aromatic heterocycles. The van der Waals surface area contributed by atoms with Crippen LogP contribution in [0.25, 0.3) is 0 Å². The summed E-state index contributed by atoms with van der Waals surface area (Å²) in [6.45, 7) is 14.8. The Hall–Kier alpha value is -0.150. The van der Waals surface area contributed by atoms with Crippen molar-refractivity contribution in [3.8, 4) is 0 Å². The number of fused-ring (bicyclic) bond motifs is 5. The standard InChI is InChI=1S/C28H48O2S/c1-19(8-7-15-26(2,3)4)23-11-12-24-22-10-9-20-18-21(31(29)30)13-16-27(20,5)25(22)14-17-28(23,24)6/h9,19,21-25H,7-8,10-18H2,1-6H3,(H,29,30)/p-1. The average molecular weight is 448 g/mol. The van der Waals surface area contributed by atoms with Gasteiger partial charge in [-0.3, -0.25) is 4.21 Å². The molecule has 0 amide bonds. The Morgan fingerprint density at radius 1 is 1.13 bits per heavy atom. The van der Waals surface area contributed by atoms with Crippen molar-refractivity contribution in [2.45, 2.75) is 117 Å². The van der Waals surface area contributed by atoms with Crippen molar-refractivity contribution >= 4 is 11.1 Å². The minimum atomic E-state index is -1.92. The third-order valence-electron chi connectivity index (χ3n) is 10.7. The van der Waals surface area contributed by atoms with Crippen LogP contribution in [-0.2, 0) is 11.1 Å². The maximum atomic E-state index is 11.6. The molecule has 0 aromatic carbocycles. The fraction of sp³-hybridized carbons (Fsp3) is 0.929.